The summed E-state index contributed by atoms with van der Waals surface area (Å²) in [4.78, 5) is 14.2. The molecule has 6 heteroatoms. The molecular formula is C16H27N5O. The molecule has 3 heterocycles. The Kier molecular flexibility index (Phi) is 4.78. The van der Waals surface area contributed by atoms with Gasteiger partial charge in [-0.3, -0.25) is 0 Å². The molecule has 1 aromatic rings. The number of ether oxygens (including phenoxy) is 1. The Morgan fingerprint density at radius 1 is 1.14 bits per heavy atom. The molecule has 22 heavy (non-hydrogen) atoms. The van der Waals surface area contributed by atoms with Gasteiger partial charge in [0.25, 0.3) is 0 Å². The number of nitrogens with two attached hydrogens (primary N) is 1. The molecule has 0 saturated carbocycles. The molecule has 0 spiro atoms. The number of aromatic nitrogens is 2. The van der Waals surface area contributed by atoms with E-state index >= 15 is 0 Å². The summed E-state index contributed by atoms with van der Waals surface area (Å²) in [6, 6.07) is 0. The van der Waals surface area contributed by atoms with Crippen molar-refractivity contribution in [3.05, 3.63) is 11.3 Å². The van der Waals surface area contributed by atoms with Gasteiger partial charge in [0.1, 0.15) is 5.82 Å². The van der Waals surface area contributed by atoms with E-state index in [9.17, 15) is 0 Å². The zero-order valence-corrected chi connectivity index (χ0v) is 13.7. The van der Waals surface area contributed by atoms with Crippen molar-refractivity contribution < 1.29 is 4.74 Å². The fourth-order valence-corrected chi connectivity index (χ4v) is 3.24. The number of aryl methyl sites for hydroxylation is 1. The lowest BCUT2D eigenvalue weighted by Crippen LogP contribution is -2.44. The molecule has 2 aliphatic rings. The zero-order valence-electron chi connectivity index (χ0n) is 13.7. The SMILES string of the molecule is Cc1nc(N2CCCC2)nc(N2CCO[C@H](CCN)C2)c1C. The normalized spacial score (nSPS) is 22.4. The first-order valence-corrected chi connectivity index (χ1v) is 8.36. The van der Waals surface area contributed by atoms with Crippen LogP contribution in [-0.4, -0.2) is 55.4 Å². The van der Waals surface area contributed by atoms with Crippen LogP contribution < -0.4 is 15.5 Å². The summed E-state index contributed by atoms with van der Waals surface area (Å²) in [7, 11) is 0. The molecule has 0 aromatic carbocycles. The topological polar surface area (TPSA) is 67.5 Å². The number of nitrogens with zero attached hydrogens (tertiary/aromatic N) is 4. The molecular weight excluding hydrogens is 278 g/mol. The quantitative estimate of drug-likeness (QED) is 0.903. The van der Waals surface area contributed by atoms with Crippen molar-refractivity contribution in [2.75, 3.05) is 49.1 Å². The minimum atomic E-state index is 0.212. The smallest absolute Gasteiger partial charge is 0.227 e. The summed E-state index contributed by atoms with van der Waals surface area (Å²) in [5, 5.41) is 0. The lowest BCUT2D eigenvalue weighted by molar-refractivity contribution is 0.0365. The van der Waals surface area contributed by atoms with Crippen LogP contribution in [0.25, 0.3) is 0 Å². The molecule has 0 amide bonds. The molecule has 122 valence electrons. The highest BCUT2D eigenvalue weighted by atomic mass is 16.5. The molecule has 1 aromatic heterocycles. The van der Waals surface area contributed by atoms with E-state index in [0.717, 1.165) is 56.7 Å². The second kappa shape index (κ2) is 6.79. The minimum absolute atomic E-state index is 0.212. The third-order valence-electron chi connectivity index (χ3n) is 4.67. The molecule has 3 rings (SSSR count). The van der Waals surface area contributed by atoms with E-state index in [1.807, 2.05) is 0 Å². The molecule has 2 saturated heterocycles. The number of hydrogen-bond donors (Lipinski definition) is 1. The Morgan fingerprint density at radius 2 is 1.91 bits per heavy atom. The van der Waals surface area contributed by atoms with Gasteiger partial charge in [-0.2, -0.15) is 4.98 Å². The van der Waals surface area contributed by atoms with Crippen LogP contribution in [0.4, 0.5) is 11.8 Å². The van der Waals surface area contributed by atoms with Crippen LogP contribution in [0.1, 0.15) is 30.5 Å². The molecule has 6 nitrogen and oxygen atoms in total. The largest absolute Gasteiger partial charge is 0.374 e. The van der Waals surface area contributed by atoms with Gasteiger partial charge in [-0.25, -0.2) is 4.98 Å². The van der Waals surface area contributed by atoms with Gasteiger partial charge in [0, 0.05) is 37.4 Å². The molecule has 2 aliphatic heterocycles. The predicted molar refractivity (Wildman–Crippen MR) is 88.6 cm³/mol. The van der Waals surface area contributed by atoms with Crippen molar-refractivity contribution in [2.45, 2.75) is 39.2 Å². The third-order valence-corrected chi connectivity index (χ3v) is 4.67. The van der Waals surface area contributed by atoms with Gasteiger partial charge in [-0.1, -0.05) is 0 Å². The molecule has 0 unspecified atom stereocenters. The van der Waals surface area contributed by atoms with E-state index in [0.29, 0.717) is 6.54 Å². The Hall–Kier alpha value is -1.40. The molecule has 2 N–H and O–H groups in total. The lowest BCUT2D eigenvalue weighted by atomic mass is 10.1. The molecule has 1 atom stereocenters. The van der Waals surface area contributed by atoms with Crippen LogP contribution in [-0.2, 0) is 4.74 Å². The Bertz CT molecular complexity index is 514. The second-order valence-corrected chi connectivity index (χ2v) is 6.27. The Morgan fingerprint density at radius 3 is 2.64 bits per heavy atom. The summed E-state index contributed by atoms with van der Waals surface area (Å²) in [5.74, 6) is 1.96. The summed E-state index contributed by atoms with van der Waals surface area (Å²) < 4.78 is 5.79. The maximum Gasteiger partial charge on any atom is 0.227 e. The summed E-state index contributed by atoms with van der Waals surface area (Å²) in [6.07, 6.45) is 3.59. The first kappa shape index (κ1) is 15.5. The summed E-state index contributed by atoms with van der Waals surface area (Å²) >= 11 is 0. The van der Waals surface area contributed by atoms with Gasteiger partial charge >= 0.3 is 0 Å². The van der Waals surface area contributed by atoms with E-state index in [1.165, 1.54) is 18.4 Å². The van der Waals surface area contributed by atoms with Gasteiger partial charge in [-0.15, -0.1) is 0 Å². The van der Waals surface area contributed by atoms with Crippen LogP contribution >= 0.6 is 0 Å². The van der Waals surface area contributed by atoms with Gasteiger partial charge in [0.05, 0.1) is 12.7 Å². The minimum Gasteiger partial charge on any atom is -0.374 e. The summed E-state index contributed by atoms with van der Waals surface area (Å²) in [5.41, 5.74) is 7.93. The zero-order chi connectivity index (χ0) is 15.5. The number of rotatable bonds is 4. The van der Waals surface area contributed by atoms with Gasteiger partial charge in [0.15, 0.2) is 0 Å². The average Bonchev–Trinajstić information content (AvgIpc) is 3.05. The molecule has 2 fully saturated rings. The van der Waals surface area contributed by atoms with Crippen LogP contribution in [0, 0.1) is 13.8 Å². The fourth-order valence-electron chi connectivity index (χ4n) is 3.24. The van der Waals surface area contributed by atoms with Gasteiger partial charge in [-0.05, 0) is 39.7 Å². The van der Waals surface area contributed by atoms with E-state index < -0.39 is 0 Å². The van der Waals surface area contributed by atoms with Crippen molar-refractivity contribution in [3.8, 4) is 0 Å². The van der Waals surface area contributed by atoms with E-state index in [-0.39, 0.29) is 6.10 Å². The van der Waals surface area contributed by atoms with E-state index in [4.69, 9.17) is 20.4 Å². The maximum absolute atomic E-state index is 5.79. The predicted octanol–water partition coefficient (Wildman–Crippen LogP) is 1.25. The standard InChI is InChI=1S/C16H27N5O/c1-12-13(2)18-16(20-7-3-4-8-20)19-15(12)21-9-10-22-14(11-21)5-6-17/h14H,3-11,17H2,1-2H3/t14-/m1/s1. The number of hydrogen-bond acceptors (Lipinski definition) is 6. The Balaban J connectivity index is 1.85. The second-order valence-electron chi connectivity index (χ2n) is 6.27. The maximum atomic E-state index is 5.79. The van der Waals surface area contributed by atoms with Crippen LogP contribution in [0.5, 0.6) is 0 Å². The molecule has 0 aliphatic carbocycles. The first-order chi connectivity index (χ1) is 10.7. The summed E-state index contributed by atoms with van der Waals surface area (Å²) in [6.45, 7) is 9.50. The lowest BCUT2D eigenvalue weighted by Gasteiger charge is -2.35. The highest BCUT2D eigenvalue weighted by Gasteiger charge is 2.25. The Labute approximate surface area is 132 Å². The highest BCUT2D eigenvalue weighted by Crippen LogP contribution is 2.26. The monoisotopic (exact) mass is 305 g/mol. The fraction of sp³-hybridized carbons (Fsp3) is 0.750. The van der Waals surface area contributed by atoms with Crippen molar-refractivity contribution >= 4 is 11.8 Å². The van der Waals surface area contributed by atoms with Crippen molar-refractivity contribution in [3.63, 3.8) is 0 Å². The van der Waals surface area contributed by atoms with Crippen molar-refractivity contribution in [1.82, 2.24) is 9.97 Å². The molecule has 0 radical (unpaired) electrons. The van der Waals surface area contributed by atoms with Crippen molar-refractivity contribution in [1.29, 1.82) is 0 Å². The number of anilines is 2. The first-order valence-electron chi connectivity index (χ1n) is 8.36. The van der Waals surface area contributed by atoms with E-state index in [1.54, 1.807) is 0 Å². The van der Waals surface area contributed by atoms with Crippen LogP contribution in [0.2, 0.25) is 0 Å². The average molecular weight is 305 g/mol. The van der Waals surface area contributed by atoms with Gasteiger partial charge < -0.3 is 20.3 Å². The van der Waals surface area contributed by atoms with Crippen LogP contribution in [0.3, 0.4) is 0 Å². The van der Waals surface area contributed by atoms with Crippen LogP contribution in [0.15, 0.2) is 0 Å². The third kappa shape index (κ3) is 3.17. The molecule has 0 bridgehead atoms. The van der Waals surface area contributed by atoms with Crippen molar-refractivity contribution in [2.24, 2.45) is 5.73 Å². The number of morpholine rings is 1. The highest BCUT2D eigenvalue weighted by molar-refractivity contribution is 5.53. The van der Waals surface area contributed by atoms with Gasteiger partial charge in [0.2, 0.25) is 5.95 Å². The van der Waals surface area contributed by atoms with E-state index in [2.05, 4.69) is 23.6 Å².